The molecule has 1 N–H and O–H groups in total. The van der Waals surface area contributed by atoms with Gasteiger partial charge in [0.05, 0.1) is 19.1 Å². The van der Waals surface area contributed by atoms with Crippen LogP contribution in [0.3, 0.4) is 0 Å². The second kappa shape index (κ2) is 6.70. The van der Waals surface area contributed by atoms with Crippen molar-refractivity contribution in [1.29, 1.82) is 0 Å². The van der Waals surface area contributed by atoms with E-state index in [4.69, 9.17) is 13.9 Å². The number of furan rings is 1. The molecule has 0 bridgehead atoms. The number of amides is 1. The zero-order valence-electron chi connectivity index (χ0n) is 12.5. The number of hydrogen-bond acceptors (Lipinski definition) is 4. The lowest BCUT2D eigenvalue weighted by molar-refractivity contribution is 0.215. The van der Waals surface area contributed by atoms with Crippen molar-refractivity contribution in [2.24, 2.45) is 0 Å². The van der Waals surface area contributed by atoms with E-state index in [2.05, 4.69) is 5.32 Å². The third-order valence-corrected chi connectivity index (χ3v) is 3.20. The second-order valence-corrected chi connectivity index (χ2v) is 4.72. The van der Waals surface area contributed by atoms with Crippen molar-refractivity contribution in [2.75, 3.05) is 12.4 Å². The predicted octanol–water partition coefficient (Wildman–Crippen LogP) is 4.57. The second-order valence-electron chi connectivity index (χ2n) is 4.72. The minimum atomic E-state index is -0.575. The summed E-state index contributed by atoms with van der Waals surface area (Å²) in [6.07, 6.45) is 0.995. The lowest BCUT2D eigenvalue weighted by Crippen LogP contribution is -2.17. The van der Waals surface area contributed by atoms with Gasteiger partial charge in [0, 0.05) is 5.56 Å². The van der Waals surface area contributed by atoms with Crippen LogP contribution in [0, 0.1) is 0 Å². The maximum Gasteiger partial charge on any atom is 0.417 e. The molecule has 0 unspecified atom stereocenters. The van der Waals surface area contributed by atoms with Crippen LogP contribution in [0.15, 0.2) is 71.3 Å². The molecule has 0 saturated carbocycles. The highest BCUT2D eigenvalue weighted by molar-refractivity contribution is 5.92. The number of hydrogen-bond donors (Lipinski definition) is 1. The van der Waals surface area contributed by atoms with E-state index in [0.717, 1.165) is 0 Å². The van der Waals surface area contributed by atoms with Crippen molar-refractivity contribution < 1.29 is 18.7 Å². The van der Waals surface area contributed by atoms with Crippen LogP contribution in [0.1, 0.15) is 0 Å². The number of nitrogens with one attached hydrogen (secondary N) is 1. The van der Waals surface area contributed by atoms with E-state index < -0.39 is 6.09 Å². The average Bonchev–Trinajstić information content (AvgIpc) is 3.10. The summed E-state index contributed by atoms with van der Waals surface area (Å²) in [4.78, 5) is 12.1. The van der Waals surface area contributed by atoms with Gasteiger partial charge in [-0.2, -0.15) is 0 Å². The molecule has 0 radical (unpaired) electrons. The molecule has 0 aliphatic carbocycles. The van der Waals surface area contributed by atoms with Crippen LogP contribution in [0.5, 0.6) is 11.5 Å². The van der Waals surface area contributed by atoms with Gasteiger partial charge in [0.15, 0.2) is 0 Å². The summed E-state index contributed by atoms with van der Waals surface area (Å²) in [6, 6.07) is 17.7. The lowest BCUT2D eigenvalue weighted by atomic mass is 10.1. The van der Waals surface area contributed by atoms with Gasteiger partial charge in [-0.1, -0.05) is 18.2 Å². The fourth-order valence-corrected chi connectivity index (χ4v) is 2.13. The summed E-state index contributed by atoms with van der Waals surface area (Å²) in [7, 11) is 1.58. The highest BCUT2D eigenvalue weighted by atomic mass is 16.6. The molecule has 1 amide bonds. The third-order valence-electron chi connectivity index (χ3n) is 3.20. The molecule has 0 spiro atoms. The molecule has 0 fully saturated rings. The van der Waals surface area contributed by atoms with Gasteiger partial charge in [0.1, 0.15) is 17.3 Å². The Bertz CT molecular complexity index is 782. The minimum Gasteiger partial charge on any atom is -0.497 e. The van der Waals surface area contributed by atoms with E-state index in [1.54, 1.807) is 61.9 Å². The van der Waals surface area contributed by atoms with E-state index in [-0.39, 0.29) is 0 Å². The van der Waals surface area contributed by atoms with E-state index >= 15 is 0 Å². The Balaban J connectivity index is 1.83. The molecular formula is C18H15NO4. The molecule has 0 saturated heterocycles. The average molecular weight is 309 g/mol. The molecule has 1 heterocycles. The minimum absolute atomic E-state index is 0.470. The van der Waals surface area contributed by atoms with Crippen LogP contribution in [0.4, 0.5) is 10.5 Å². The van der Waals surface area contributed by atoms with Crippen molar-refractivity contribution in [2.45, 2.75) is 0 Å². The number of rotatable bonds is 4. The normalized spacial score (nSPS) is 10.1. The van der Waals surface area contributed by atoms with Crippen LogP contribution in [-0.2, 0) is 0 Å². The standard InChI is InChI=1S/C18H15NO4/c1-21-14-9-10-16(15(12-14)17-8-5-11-22-17)19-18(20)23-13-6-3-2-4-7-13/h2-12H,1H3,(H,19,20). The molecule has 0 aliphatic heterocycles. The largest absolute Gasteiger partial charge is 0.497 e. The monoisotopic (exact) mass is 309 g/mol. The van der Waals surface area contributed by atoms with Gasteiger partial charge in [-0.15, -0.1) is 0 Å². The molecule has 0 aliphatic rings. The Kier molecular flexibility index (Phi) is 4.29. The highest BCUT2D eigenvalue weighted by Crippen LogP contribution is 2.32. The van der Waals surface area contributed by atoms with E-state index in [0.29, 0.717) is 28.5 Å². The van der Waals surface area contributed by atoms with Crippen LogP contribution in [-0.4, -0.2) is 13.2 Å². The zero-order valence-corrected chi connectivity index (χ0v) is 12.5. The lowest BCUT2D eigenvalue weighted by Gasteiger charge is -2.11. The first-order valence-electron chi connectivity index (χ1n) is 7.02. The molecule has 3 rings (SSSR count). The van der Waals surface area contributed by atoms with Gasteiger partial charge in [0.25, 0.3) is 0 Å². The molecule has 5 heteroatoms. The fourth-order valence-electron chi connectivity index (χ4n) is 2.13. The summed E-state index contributed by atoms with van der Waals surface area (Å²) in [5.41, 5.74) is 1.28. The fraction of sp³-hybridized carbons (Fsp3) is 0.0556. The number of ether oxygens (including phenoxy) is 2. The van der Waals surface area contributed by atoms with E-state index in [1.807, 2.05) is 12.1 Å². The maximum atomic E-state index is 12.1. The smallest absolute Gasteiger partial charge is 0.417 e. The van der Waals surface area contributed by atoms with Crippen molar-refractivity contribution in [1.82, 2.24) is 0 Å². The first kappa shape index (κ1) is 14.7. The Morgan fingerprint density at radius 1 is 1.00 bits per heavy atom. The molecular weight excluding hydrogens is 294 g/mol. The van der Waals surface area contributed by atoms with Crippen LogP contribution >= 0.6 is 0 Å². The summed E-state index contributed by atoms with van der Waals surface area (Å²) in [6.45, 7) is 0. The Morgan fingerprint density at radius 3 is 2.52 bits per heavy atom. The number of carbonyl (C=O) groups excluding carboxylic acids is 1. The highest BCUT2D eigenvalue weighted by Gasteiger charge is 2.13. The van der Waals surface area contributed by atoms with E-state index in [9.17, 15) is 4.79 Å². The van der Waals surface area contributed by atoms with Gasteiger partial charge in [0.2, 0.25) is 0 Å². The van der Waals surface area contributed by atoms with Crippen LogP contribution in [0.25, 0.3) is 11.3 Å². The first-order chi connectivity index (χ1) is 11.3. The third kappa shape index (κ3) is 3.52. The topological polar surface area (TPSA) is 60.7 Å². The molecule has 2 aromatic carbocycles. The van der Waals surface area contributed by atoms with Gasteiger partial charge in [-0.25, -0.2) is 4.79 Å². The number of para-hydroxylation sites is 1. The first-order valence-corrected chi connectivity index (χ1v) is 7.02. The number of carbonyl (C=O) groups is 1. The maximum absolute atomic E-state index is 12.1. The van der Waals surface area contributed by atoms with Gasteiger partial charge < -0.3 is 13.9 Å². The Hall–Kier alpha value is -3.21. The summed E-state index contributed by atoms with van der Waals surface area (Å²) >= 11 is 0. The summed E-state index contributed by atoms with van der Waals surface area (Å²) < 4.78 is 15.9. The molecule has 23 heavy (non-hydrogen) atoms. The Labute approximate surface area is 133 Å². The van der Waals surface area contributed by atoms with Crippen molar-refractivity contribution in [3.8, 4) is 22.8 Å². The predicted molar refractivity (Wildman–Crippen MR) is 86.8 cm³/mol. The van der Waals surface area contributed by atoms with Gasteiger partial charge in [-0.05, 0) is 42.5 Å². The van der Waals surface area contributed by atoms with Crippen molar-refractivity contribution >= 4 is 11.8 Å². The van der Waals surface area contributed by atoms with Gasteiger partial charge >= 0.3 is 6.09 Å². The van der Waals surface area contributed by atoms with Crippen molar-refractivity contribution in [3.63, 3.8) is 0 Å². The zero-order chi connectivity index (χ0) is 16.1. The van der Waals surface area contributed by atoms with Crippen LogP contribution in [0.2, 0.25) is 0 Å². The SMILES string of the molecule is COc1ccc(NC(=O)Oc2ccccc2)c(-c2ccco2)c1. The van der Waals surface area contributed by atoms with Crippen LogP contribution < -0.4 is 14.8 Å². The van der Waals surface area contributed by atoms with E-state index in [1.165, 1.54) is 0 Å². The summed E-state index contributed by atoms with van der Waals surface area (Å²) in [5.74, 6) is 1.76. The molecule has 5 nitrogen and oxygen atoms in total. The Morgan fingerprint density at radius 2 is 1.83 bits per heavy atom. The molecule has 3 aromatic rings. The molecule has 116 valence electrons. The molecule has 0 atom stereocenters. The quantitative estimate of drug-likeness (QED) is 0.767. The number of benzene rings is 2. The number of methoxy groups -OCH3 is 1. The summed E-state index contributed by atoms with van der Waals surface area (Å²) in [5, 5.41) is 2.72. The molecule has 1 aromatic heterocycles. The van der Waals surface area contributed by atoms with Crippen molar-refractivity contribution in [3.05, 3.63) is 66.9 Å². The van der Waals surface area contributed by atoms with Gasteiger partial charge in [-0.3, -0.25) is 5.32 Å². The number of anilines is 1.